The molecule has 3 heterocycles. The Morgan fingerprint density at radius 2 is 1.59 bits per heavy atom. The molecule has 4 atom stereocenters. The van der Waals surface area contributed by atoms with Crippen LogP contribution >= 0.6 is 0 Å². The van der Waals surface area contributed by atoms with E-state index in [9.17, 15) is 14.0 Å². The van der Waals surface area contributed by atoms with Gasteiger partial charge in [-0.1, -0.05) is 0 Å². The summed E-state index contributed by atoms with van der Waals surface area (Å²) in [5, 5.41) is 5.94. The van der Waals surface area contributed by atoms with Crippen molar-refractivity contribution in [2.24, 2.45) is 0 Å². The second-order valence-corrected chi connectivity index (χ2v) is 8.37. The van der Waals surface area contributed by atoms with Crippen molar-refractivity contribution in [1.82, 2.24) is 19.7 Å². The first-order valence-corrected chi connectivity index (χ1v) is 10.6. The zero-order valence-corrected chi connectivity index (χ0v) is 18.5. The number of hydrogen-bond donors (Lipinski definition) is 0. The highest BCUT2D eigenvalue weighted by molar-refractivity contribution is 5.94. The van der Waals surface area contributed by atoms with Gasteiger partial charge >= 0.3 is 12.2 Å². The number of hydrogen-bond acceptors (Lipinski definition) is 8. The molecule has 1 amide bonds. The molecule has 0 spiro atoms. The van der Waals surface area contributed by atoms with Gasteiger partial charge in [0.2, 0.25) is 0 Å². The van der Waals surface area contributed by atoms with Crippen LogP contribution in [0.5, 0.6) is 5.88 Å². The average Bonchev–Trinajstić information content (AvgIpc) is 3.03. The van der Waals surface area contributed by atoms with Crippen LogP contribution < -0.4 is 4.74 Å². The molecule has 10 nitrogen and oxygen atoms in total. The van der Waals surface area contributed by atoms with Gasteiger partial charge in [0, 0.05) is 19.2 Å². The molecule has 0 bridgehead atoms. The van der Waals surface area contributed by atoms with Crippen LogP contribution in [0.3, 0.4) is 0 Å². The number of hydroxylamine groups is 2. The van der Waals surface area contributed by atoms with Gasteiger partial charge in [-0.3, -0.25) is 0 Å². The third-order valence-electron chi connectivity index (χ3n) is 5.25. The topological polar surface area (TPSA) is 95.4 Å². The maximum atomic E-state index is 14.0. The van der Waals surface area contributed by atoms with Crippen molar-refractivity contribution in [2.45, 2.75) is 52.1 Å². The first-order chi connectivity index (χ1) is 15.2. The van der Waals surface area contributed by atoms with E-state index in [0.717, 1.165) is 4.68 Å². The minimum absolute atomic E-state index is 0.106. The van der Waals surface area contributed by atoms with Crippen LogP contribution in [0.25, 0.3) is 10.9 Å². The van der Waals surface area contributed by atoms with E-state index < -0.39 is 18.0 Å². The molecule has 4 rings (SSSR count). The number of fused-ring (bicyclic) bond motifs is 1. The highest BCUT2D eigenvalue weighted by Crippen LogP contribution is 2.27. The third-order valence-corrected chi connectivity index (χ3v) is 5.25. The molecular formula is C21H27FN4O6. The highest BCUT2D eigenvalue weighted by atomic mass is 19.1. The van der Waals surface area contributed by atoms with Crippen LogP contribution in [0, 0.1) is 5.82 Å². The molecule has 0 saturated carbocycles. The van der Waals surface area contributed by atoms with E-state index >= 15 is 0 Å². The Kier molecular flexibility index (Phi) is 6.31. The predicted molar refractivity (Wildman–Crippen MR) is 111 cm³/mol. The van der Waals surface area contributed by atoms with Crippen LogP contribution in [0.1, 0.15) is 27.7 Å². The molecule has 11 heteroatoms. The van der Waals surface area contributed by atoms with E-state index in [1.54, 1.807) is 4.90 Å². The second-order valence-electron chi connectivity index (χ2n) is 8.37. The van der Waals surface area contributed by atoms with Crippen LogP contribution in [0.4, 0.5) is 14.0 Å². The molecule has 0 radical (unpaired) electrons. The van der Waals surface area contributed by atoms with Crippen molar-refractivity contribution in [1.29, 1.82) is 0 Å². The maximum absolute atomic E-state index is 14.0. The number of rotatable bonds is 2. The number of nitrogens with zero attached hydrogens (tertiary/aromatic N) is 4. The minimum Gasteiger partial charge on any atom is -0.373 e. The molecular weight excluding hydrogens is 423 g/mol. The molecule has 2 aliphatic rings. The van der Waals surface area contributed by atoms with Crippen molar-refractivity contribution in [3.05, 3.63) is 24.0 Å². The van der Waals surface area contributed by atoms with Crippen molar-refractivity contribution in [3.8, 4) is 5.88 Å². The van der Waals surface area contributed by atoms with E-state index in [0.29, 0.717) is 31.6 Å². The van der Waals surface area contributed by atoms with Crippen molar-refractivity contribution in [3.63, 3.8) is 0 Å². The van der Waals surface area contributed by atoms with E-state index in [2.05, 4.69) is 5.10 Å². The Bertz CT molecular complexity index is 994. The van der Waals surface area contributed by atoms with Crippen molar-refractivity contribution >= 4 is 23.1 Å². The lowest BCUT2D eigenvalue weighted by Gasteiger charge is -2.34. The first-order valence-electron chi connectivity index (χ1n) is 10.6. The summed E-state index contributed by atoms with van der Waals surface area (Å²) in [6.07, 6.45) is -1.50. The van der Waals surface area contributed by atoms with Crippen LogP contribution in [-0.4, -0.2) is 82.5 Å². The SMILES string of the molecule is CC1CN(OC(=O)Oc2nn(C(=O)N3CC(C)OC(C)C3)c3cc(F)ccc23)CC(C)O1. The molecule has 2 aromatic rings. The summed E-state index contributed by atoms with van der Waals surface area (Å²) >= 11 is 0. The molecule has 174 valence electrons. The summed E-state index contributed by atoms with van der Waals surface area (Å²) in [5.41, 5.74) is 0.193. The summed E-state index contributed by atoms with van der Waals surface area (Å²) < 4.78 is 31.6. The predicted octanol–water partition coefficient (Wildman–Crippen LogP) is 2.79. The lowest BCUT2D eigenvalue weighted by Crippen LogP contribution is -2.49. The Morgan fingerprint density at radius 1 is 1.00 bits per heavy atom. The van der Waals surface area contributed by atoms with Gasteiger partial charge in [-0.05, 0) is 39.8 Å². The molecule has 0 aliphatic carbocycles. The molecule has 2 aliphatic heterocycles. The Morgan fingerprint density at radius 3 is 2.22 bits per heavy atom. The summed E-state index contributed by atoms with van der Waals surface area (Å²) in [6, 6.07) is 3.34. The number of carbonyl (C=O) groups is 2. The zero-order chi connectivity index (χ0) is 23.0. The van der Waals surface area contributed by atoms with E-state index in [4.69, 9.17) is 19.0 Å². The van der Waals surface area contributed by atoms with Crippen LogP contribution in [0.15, 0.2) is 18.2 Å². The third kappa shape index (κ3) is 4.84. The fourth-order valence-corrected chi connectivity index (χ4v) is 4.16. The number of amides is 1. The fraction of sp³-hybridized carbons (Fsp3) is 0.571. The van der Waals surface area contributed by atoms with Gasteiger partial charge in [-0.15, -0.1) is 10.2 Å². The van der Waals surface area contributed by atoms with Gasteiger partial charge in [0.15, 0.2) is 0 Å². The normalized spacial score (nSPS) is 26.8. The van der Waals surface area contributed by atoms with Crippen LogP contribution in [0.2, 0.25) is 0 Å². The van der Waals surface area contributed by atoms with Gasteiger partial charge in [0.1, 0.15) is 5.82 Å². The number of aromatic nitrogens is 2. The number of halogens is 1. The first kappa shape index (κ1) is 22.4. The molecule has 2 saturated heterocycles. The molecule has 32 heavy (non-hydrogen) atoms. The van der Waals surface area contributed by atoms with Crippen LogP contribution in [-0.2, 0) is 14.3 Å². The Hall–Kier alpha value is -2.76. The standard InChI is InChI=1S/C21H27FN4O6/c1-12-8-24(9-13(2)29-12)20(27)26-18-7-16(22)5-6-17(18)19(23-26)31-21(28)32-25-10-14(3)30-15(4)11-25/h5-7,12-15H,8-11H2,1-4H3. The number of carbonyl (C=O) groups excluding carboxylic acids is 2. The van der Waals surface area contributed by atoms with E-state index in [1.807, 2.05) is 27.7 Å². The van der Waals surface area contributed by atoms with Gasteiger partial charge < -0.3 is 23.9 Å². The zero-order valence-electron chi connectivity index (χ0n) is 18.5. The molecule has 4 unspecified atom stereocenters. The molecule has 0 N–H and O–H groups in total. The highest BCUT2D eigenvalue weighted by Gasteiger charge is 2.30. The minimum atomic E-state index is -0.997. The summed E-state index contributed by atoms with van der Waals surface area (Å²) in [4.78, 5) is 32.4. The maximum Gasteiger partial charge on any atom is 0.534 e. The van der Waals surface area contributed by atoms with Crippen molar-refractivity contribution < 1.29 is 33.0 Å². The van der Waals surface area contributed by atoms with E-state index in [1.165, 1.54) is 23.3 Å². The van der Waals surface area contributed by atoms with Gasteiger partial charge in [0.05, 0.1) is 48.4 Å². The lowest BCUT2D eigenvalue weighted by molar-refractivity contribution is -0.195. The summed E-state index contributed by atoms with van der Waals surface area (Å²) in [7, 11) is 0. The van der Waals surface area contributed by atoms with Gasteiger partial charge in [-0.25, -0.2) is 14.0 Å². The lowest BCUT2D eigenvalue weighted by atomic mass is 10.2. The second kappa shape index (κ2) is 9.00. The quantitative estimate of drug-likeness (QED) is 0.645. The molecule has 1 aromatic carbocycles. The molecule has 1 aromatic heterocycles. The monoisotopic (exact) mass is 450 g/mol. The summed E-state index contributed by atoms with van der Waals surface area (Å²) in [5.74, 6) is -0.678. The average molecular weight is 450 g/mol. The fourth-order valence-electron chi connectivity index (χ4n) is 4.16. The number of ether oxygens (including phenoxy) is 3. The smallest absolute Gasteiger partial charge is 0.373 e. The Balaban J connectivity index is 1.56. The van der Waals surface area contributed by atoms with Gasteiger partial charge in [-0.2, -0.15) is 4.68 Å². The molecule has 2 fully saturated rings. The number of morpholine rings is 2. The van der Waals surface area contributed by atoms with Crippen molar-refractivity contribution in [2.75, 3.05) is 26.2 Å². The van der Waals surface area contributed by atoms with E-state index in [-0.39, 0.29) is 35.8 Å². The largest absolute Gasteiger partial charge is 0.534 e. The summed E-state index contributed by atoms with van der Waals surface area (Å²) in [6.45, 7) is 9.01. The number of benzene rings is 1. The Labute approximate surface area is 184 Å². The van der Waals surface area contributed by atoms with Gasteiger partial charge in [0.25, 0.3) is 5.88 Å².